The highest BCUT2D eigenvalue weighted by Gasteiger charge is 2.30. The van der Waals surface area contributed by atoms with E-state index in [0.717, 1.165) is 11.1 Å². The number of aliphatic hydroxyl groups excluding tert-OH is 1. The molecule has 1 unspecified atom stereocenters. The number of pyridine rings is 1. The number of carboxylic acid groups (broad SMARTS) is 1. The van der Waals surface area contributed by atoms with Gasteiger partial charge in [-0.2, -0.15) is 0 Å². The number of hydrogen-bond acceptors (Lipinski definition) is 5. The number of nitrogens with zero attached hydrogens (tertiary/aromatic N) is 2. The maximum absolute atomic E-state index is 12.1. The minimum atomic E-state index is -0.948. The molecule has 0 saturated carbocycles. The first-order valence-corrected chi connectivity index (χ1v) is 8.18. The van der Waals surface area contributed by atoms with Crippen molar-refractivity contribution in [2.45, 2.75) is 25.9 Å². The third-order valence-electron chi connectivity index (χ3n) is 4.02. The van der Waals surface area contributed by atoms with Crippen LogP contribution in [-0.4, -0.2) is 46.3 Å². The maximum Gasteiger partial charge on any atom is 0.325 e. The minimum absolute atomic E-state index is 0.00410. The highest BCUT2D eigenvalue weighted by Crippen LogP contribution is 2.32. The molecule has 1 heterocycles. The molecule has 0 saturated heterocycles. The molecule has 6 nitrogen and oxygen atoms in total. The fraction of sp³-hybridized carbons (Fsp3) is 0.368. The Labute approximate surface area is 147 Å². The predicted molar refractivity (Wildman–Crippen MR) is 94.5 cm³/mol. The molecule has 1 aromatic carbocycles. The molecule has 0 bridgehead atoms. The number of aryl methyl sites for hydroxylation is 1. The number of carbonyl (C=O) groups is 1. The van der Waals surface area contributed by atoms with E-state index in [0.29, 0.717) is 30.8 Å². The smallest absolute Gasteiger partial charge is 0.325 e. The molecule has 0 aliphatic carbocycles. The van der Waals surface area contributed by atoms with Crippen molar-refractivity contribution < 1.29 is 19.7 Å². The Hall–Kier alpha value is -2.44. The quantitative estimate of drug-likeness (QED) is 0.727. The molecule has 0 spiro atoms. The Morgan fingerprint density at radius 2 is 2.00 bits per heavy atom. The first-order chi connectivity index (χ1) is 12.1. The Balaban J connectivity index is 2.41. The van der Waals surface area contributed by atoms with Gasteiger partial charge in [0, 0.05) is 37.7 Å². The highest BCUT2D eigenvalue weighted by molar-refractivity contribution is 5.77. The van der Waals surface area contributed by atoms with Gasteiger partial charge in [-0.05, 0) is 37.1 Å². The summed E-state index contributed by atoms with van der Waals surface area (Å²) in [5.74, 6) is -0.405. The van der Waals surface area contributed by atoms with Gasteiger partial charge in [0.15, 0.2) is 0 Å². The molecule has 134 valence electrons. The fourth-order valence-electron chi connectivity index (χ4n) is 2.85. The summed E-state index contributed by atoms with van der Waals surface area (Å²) in [4.78, 5) is 17.9. The zero-order valence-electron chi connectivity index (χ0n) is 14.6. The van der Waals surface area contributed by atoms with Gasteiger partial charge < -0.3 is 14.9 Å². The third-order valence-corrected chi connectivity index (χ3v) is 4.02. The second-order valence-electron chi connectivity index (χ2n) is 5.89. The SMILES string of the molecule is COc1ccc(C)cc1C(C(=O)O)N(CCCO)Cc1ccncc1. The summed E-state index contributed by atoms with van der Waals surface area (Å²) in [5, 5.41) is 19.1. The van der Waals surface area contributed by atoms with Gasteiger partial charge in [0.1, 0.15) is 11.8 Å². The number of rotatable bonds is 9. The molecule has 6 heteroatoms. The van der Waals surface area contributed by atoms with Gasteiger partial charge in [-0.25, -0.2) is 0 Å². The van der Waals surface area contributed by atoms with Crippen LogP contribution in [0, 0.1) is 6.92 Å². The van der Waals surface area contributed by atoms with E-state index in [-0.39, 0.29) is 6.61 Å². The standard InChI is InChI=1S/C19H24N2O4/c1-14-4-5-17(25-2)16(12-14)18(19(23)24)21(10-3-11-22)13-15-6-8-20-9-7-15/h4-9,12,18,22H,3,10-11,13H2,1-2H3,(H,23,24). The van der Waals surface area contributed by atoms with Crippen molar-refractivity contribution in [1.29, 1.82) is 0 Å². The minimum Gasteiger partial charge on any atom is -0.496 e. The Morgan fingerprint density at radius 1 is 1.28 bits per heavy atom. The lowest BCUT2D eigenvalue weighted by Gasteiger charge is -2.30. The van der Waals surface area contributed by atoms with Crippen LogP contribution in [0.4, 0.5) is 0 Å². The number of methoxy groups -OCH3 is 1. The summed E-state index contributed by atoms with van der Waals surface area (Å²) in [7, 11) is 1.54. The van der Waals surface area contributed by atoms with Crippen LogP contribution in [0.1, 0.15) is 29.2 Å². The van der Waals surface area contributed by atoms with Crippen molar-refractivity contribution in [3.8, 4) is 5.75 Å². The van der Waals surface area contributed by atoms with Crippen molar-refractivity contribution in [2.24, 2.45) is 0 Å². The van der Waals surface area contributed by atoms with Crippen molar-refractivity contribution in [3.63, 3.8) is 0 Å². The van der Waals surface area contributed by atoms with Crippen LogP contribution in [-0.2, 0) is 11.3 Å². The molecule has 25 heavy (non-hydrogen) atoms. The summed E-state index contributed by atoms with van der Waals surface area (Å²) < 4.78 is 5.39. The molecule has 0 aliphatic heterocycles. The Kier molecular flexibility index (Phi) is 6.91. The average molecular weight is 344 g/mol. The first kappa shape index (κ1) is 18.9. The number of aliphatic hydroxyl groups is 1. The number of ether oxygens (including phenoxy) is 1. The van der Waals surface area contributed by atoms with Gasteiger partial charge in [0.2, 0.25) is 0 Å². The van der Waals surface area contributed by atoms with Crippen molar-refractivity contribution in [2.75, 3.05) is 20.3 Å². The van der Waals surface area contributed by atoms with Gasteiger partial charge >= 0.3 is 5.97 Å². The summed E-state index contributed by atoms with van der Waals surface area (Å²) in [6.45, 7) is 2.82. The molecule has 0 aliphatic rings. The van der Waals surface area contributed by atoms with E-state index >= 15 is 0 Å². The lowest BCUT2D eigenvalue weighted by atomic mass is 10.0. The molecule has 0 fully saturated rings. The first-order valence-electron chi connectivity index (χ1n) is 8.18. The largest absolute Gasteiger partial charge is 0.496 e. The van der Waals surface area contributed by atoms with E-state index in [1.165, 1.54) is 7.11 Å². The van der Waals surface area contributed by atoms with E-state index < -0.39 is 12.0 Å². The van der Waals surface area contributed by atoms with E-state index in [1.807, 2.05) is 36.1 Å². The van der Waals surface area contributed by atoms with Gasteiger partial charge in [-0.1, -0.05) is 17.7 Å². The van der Waals surface area contributed by atoms with Gasteiger partial charge in [-0.15, -0.1) is 0 Å². The molecule has 1 atom stereocenters. The van der Waals surface area contributed by atoms with E-state index in [2.05, 4.69) is 4.98 Å². The summed E-state index contributed by atoms with van der Waals surface area (Å²) in [5.41, 5.74) is 2.54. The monoisotopic (exact) mass is 344 g/mol. The lowest BCUT2D eigenvalue weighted by molar-refractivity contribution is -0.144. The summed E-state index contributed by atoms with van der Waals surface area (Å²) >= 11 is 0. The van der Waals surface area contributed by atoms with Crippen LogP contribution in [0.5, 0.6) is 5.75 Å². The summed E-state index contributed by atoms with van der Waals surface area (Å²) in [6.07, 6.45) is 3.86. The van der Waals surface area contributed by atoms with E-state index in [4.69, 9.17) is 4.74 Å². The molecular formula is C19H24N2O4. The van der Waals surface area contributed by atoms with Crippen LogP contribution in [0.15, 0.2) is 42.7 Å². The zero-order valence-corrected chi connectivity index (χ0v) is 14.6. The number of aliphatic carboxylic acids is 1. The molecule has 1 aromatic heterocycles. The average Bonchev–Trinajstić information content (AvgIpc) is 2.60. The van der Waals surface area contributed by atoms with Crippen LogP contribution in [0.2, 0.25) is 0 Å². The van der Waals surface area contributed by atoms with Crippen LogP contribution < -0.4 is 4.74 Å². The van der Waals surface area contributed by atoms with Crippen LogP contribution in [0.25, 0.3) is 0 Å². The number of aromatic nitrogens is 1. The molecule has 2 rings (SSSR count). The lowest BCUT2D eigenvalue weighted by Crippen LogP contribution is -2.35. The van der Waals surface area contributed by atoms with E-state index in [9.17, 15) is 15.0 Å². The molecule has 0 amide bonds. The van der Waals surface area contributed by atoms with Gasteiger partial charge in [0.05, 0.1) is 7.11 Å². The Morgan fingerprint density at radius 3 is 2.60 bits per heavy atom. The van der Waals surface area contributed by atoms with Gasteiger partial charge in [0.25, 0.3) is 0 Å². The van der Waals surface area contributed by atoms with Gasteiger partial charge in [-0.3, -0.25) is 14.7 Å². The maximum atomic E-state index is 12.1. The summed E-state index contributed by atoms with van der Waals surface area (Å²) in [6, 6.07) is 8.38. The van der Waals surface area contributed by atoms with E-state index in [1.54, 1.807) is 18.5 Å². The molecule has 2 N–H and O–H groups in total. The highest BCUT2D eigenvalue weighted by atomic mass is 16.5. The number of benzene rings is 1. The van der Waals surface area contributed by atoms with Crippen LogP contribution in [0.3, 0.4) is 0 Å². The number of carboxylic acids is 1. The second kappa shape index (κ2) is 9.15. The fourth-order valence-corrected chi connectivity index (χ4v) is 2.85. The second-order valence-corrected chi connectivity index (χ2v) is 5.89. The van der Waals surface area contributed by atoms with Crippen molar-refractivity contribution in [3.05, 3.63) is 59.4 Å². The van der Waals surface area contributed by atoms with Crippen LogP contribution >= 0.6 is 0 Å². The third kappa shape index (κ3) is 5.01. The number of hydrogen-bond donors (Lipinski definition) is 2. The predicted octanol–water partition coefficient (Wildman–Crippen LogP) is 2.41. The van der Waals surface area contributed by atoms with Crippen molar-refractivity contribution in [1.82, 2.24) is 9.88 Å². The van der Waals surface area contributed by atoms with Crippen molar-refractivity contribution >= 4 is 5.97 Å². The molecule has 2 aromatic rings. The Bertz CT molecular complexity index is 691. The topological polar surface area (TPSA) is 82.9 Å². The molecule has 0 radical (unpaired) electrons. The molecular weight excluding hydrogens is 320 g/mol. The normalized spacial score (nSPS) is 12.2. The zero-order chi connectivity index (χ0) is 18.2.